The number of carbonyl (C=O) groups excluding carboxylic acids is 2. The summed E-state index contributed by atoms with van der Waals surface area (Å²) in [6.07, 6.45) is 0.505. The molecule has 0 radical (unpaired) electrons. The number of amides is 2. The Morgan fingerprint density at radius 3 is 2.72 bits per heavy atom. The normalized spacial score (nSPS) is 22.5. The van der Waals surface area contributed by atoms with Crippen LogP contribution in [0.4, 0.5) is 19.0 Å². The van der Waals surface area contributed by atoms with Crippen molar-refractivity contribution >= 4 is 29.7 Å². The highest BCUT2D eigenvalue weighted by atomic mass is 19.4. The monoisotopic (exact) mass is 542 g/mol. The van der Waals surface area contributed by atoms with Crippen LogP contribution in [0.5, 0.6) is 0 Å². The van der Waals surface area contributed by atoms with E-state index in [0.717, 1.165) is 18.3 Å². The van der Waals surface area contributed by atoms with Crippen molar-refractivity contribution < 1.29 is 37.2 Å². The van der Waals surface area contributed by atoms with Gasteiger partial charge in [-0.3, -0.25) is 14.6 Å². The van der Waals surface area contributed by atoms with Crippen LogP contribution >= 0.6 is 0 Å². The van der Waals surface area contributed by atoms with Gasteiger partial charge in [0.05, 0.1) is 36.7 Å². The first-order valence-electron chi connectivity index (χ1n) is 11.8. The molecule has 39 heavy (non-hydrogen) atoms. The molecule has 3 aliphatic rings. The first-order chi connectivity index (χ1) is 18.6. The number of anilines is 1. The molecule has 1 saturated heterocycles. The highest BCUT2D eigenvalue weighted by Gasteiger charge is 2.47. The summed E-state index contributed by atoms with van der Waals surface area (Å²) < 4.78 is 44.5. The molecular weight excluding hydrogens is 519 g/mol. The van der Waals surface area contributed by atoms with Crippen LogP contribution in [-0.4, -0.2) is 75.9 Å². The Hall–Kier alpha value is -4.24. The number of halogens is 3. The summed E-state index contributed by atoms with van der Waals surface area (Å²) in [5.41, 5.74) is 0.833. The Labute approximate surface area is 220 Å². The number of aliphatic hydroxyl groups excluding tert-OH is 1. The van der Waals surface area contributed by atoms with Gasteiger partial charge in [-0.05, 0) is 36.4 Å². The molecule has 14 heteroatoms. The second-order valence-corrected chi connectivity index (χ2v) is 8.88. The third-order valence-corrected chi connectivity index (χ3v) is 6.42. The van der Waals surface area contributed by atoms with Gasteiger partial charge in [-0.1, -0.05) is 0 Å². The summed E-state index contributed by atoms with van der Waals surface area (Å²) in [5, 5.41) is 11.6. The number of rotatable bonds is 5. The molecule has 3 aliphatic heterocycles. The van der Waals surface area contributed by atoms with Crippen molar-refractivity contribution in [2.45, 2.75) is 12.3 Å². The Morgan fingerprint density at radius 1 is 1.23 bits per heavy atom. The fraction of sp³-hybridized carbons (Fsp3) is 0.240. The quantitative estimate of drug-likeness (QED) is 0.389. The number of hydrogen-bond donors (Lipinski definition) is 3. The third kappa shape index (κ3) is 5.09. The minimum Gasteiger partial charge on any atom is -0.387 e. The minimum atomic E-state index is -4.57. The minimum absolute atomic E-state index is 0.176. The van der Waals surface area contributed by atoms with Crippen molar-refractivity contribution in [2.24, 2.45) is 15.8 Å². The number of alkyl halides is 3. The first-order valence-corrected chi connectivity index (χ1v) is 11.8. The van der Waals surface area contributed by atoms with E-state index in [9.17, 15) is 27.9 Å². The molecule has 0 aliphatic carbocycles. The van der Waals surface area contributed by atoms with Crippen LogP contribution in [-0.2, 0) is 15.7 Å². The Morgan fingerprint density at radius 2 is 2.00 bits per heavy atom. The zero-order valence-corrected chi connectivity index (χ0v) is 20.3. The van der Waals surface area contributed by atoms with Gasteiger partial charge in [0.15, 0.2) is 0 Å². The lowest BCUT2D eigenvalue weighted by Gasteiger charge is -2.32. The van der Waals surface area contributed by atoms with Gasteiger partial charge in [-0.15, -0.1) is 4.59 Å². The highest BCUT2D eigenvalue weighted by Crippen LogP contribution is 2.34. The molecule has 4 heterocycles. The summed E-state index contributed by atoms with van der Waals surface area (Å²) in [5.74, 6) is 5.83. The molecule has 11 nitrogen and oxygen atoms in total. The van der Waals surface area contributed by atoms with Gasteiger partial charge >= 0.3 is 6.18 Å². The second-order valence-electron chi connectivity index (χ2n) is 8.88. The lowest BCUT2D eigenvalue weighted by molar-refractivity contribution is -0.750. The number of carbonyl (C=O) groups is 2. The maximum Gasteiger partial charge on any atom is 0.416 e. The number of nitrogens with two attached hydrogens (primary N) is 1. The van der Waals surface area contributed by atoms with Gasteiger partial charge < -0.3 is 20.1 Å². The first kappa shape index (κ1) is 26.4. The standard InChI is InChI=1S/C25H22F3N7O4/c26-25(27,28)17-5-6-31-20(11-17)32-24(38)16-3-1-15(2-4-16)23-33-22(18-12-30-7-9-35(18,23)29)19-13-34(8-10-39-19)21(37)14-36/h1-7,9,11-12,19,36H,8,10,13-14,29H2/p+1/t19-,35?/m1/s1. The van der Waals surface area contributed by atoms with Crippen LogP contribution in [0, 0.1) is 0 Å². The molecule has 1 aromatic heterocycles. The number of fused-ring (bicyclic) bond motifs is 1. The maximum absolute atomic E-state index is 13.0. The number of nitrogens with one attached hydrogen (secondary N) is 1. The molecule has 2 amide bonds. The largest absolute Gasteiger partial charge is 0.416 e. The van der Waals surface area contributed by atoms with Gasteiger partial charge in [-0.25, -0.2) is 4.98 Å². The smallest absolute Gasteiger partial charge is 0.387 e. The average Bonchev–Trinajstić information content (AvgIpc) is 3.25. The number of aromatic nitrogens is 1. The maximum atomic E-state index is 13.0. The molecule has 2 atom stereocenters. The number of pyridine rings is 1. The molecule has 2 aromatic rings. The topological polar surface area (TPSA) is 142 Å². The van der Waals surface area contributed by atoms with Gasteiger partial charge in [0, 0.05) is 18.3 Å². The summed E-state index contributed by atoms with van der Waals surface area (Å²) in [6, 6.07) is 7.78. The number of aliphatic imine (C=N–C) groups is 2. The molecule has 1 unspecified atom stereocenters. The van der Waals surface area contributed by atoms with Gasteiger partial charge in [0.2, 0.25) is 11.6 Å². The Bertz CT molecular complexity index is 1440. The van der Waals surface area contributed by atoms with Crippen molar-refractivity contribution in [1.82, 2.24) is 9.88 Å². The molecule has 0 bridgehead atoms. The number of aliphatic hydroxyl groups is 1. The van der Waals surface area contributed by atoms with Crippen LogP contribution in [0.3, 0.4) is 0 Å². The summed E-state index contributed by atoms with van der Waals surface area (Å²) in [7, 11) is 0. The van der Waals surface area contributed by atoms with E-state index in [1.54, 1.807) is 24.5 Å². The number of ether oxygens (including phenoxy) is 1. The average molecular weight is 542 g/mol. The van der Waals surface area contributed by atoms with E-state index in [-0.39, 0.29) is 29.1 Å². The van der Waals surface area contributed by atoms with Gasteiger partial charge in [0.1, 0.15) is 30.4 Å². The molecule has 1 fully saturated rings. The van der Waals surface area contributed by atoms with Gasteiger partial charge in [-0.2, -0.15) is 24.0 Å². The SMILES string of the molecule is N[N+]12C=CN=CC1=C([C@H]1CN(C(=O)CO)CCO1)N=C2c1ccc(C(=O)Nc2cc(C(F)(F)F)ccn2)cc1. The van der Waals surface area contributed by atoms with Gasteiger partial charge in [0.25, 0.3) is 11.7 Å². The predicted molar refractivity (Wildman–Crippen MR) is 133 cm³/mol. The van der Waals surface area contributed by atoms with E-state index >= 15 is 0 Å². The van der Waals surface area contributed by atoms with Crippen LogP contribution in [0.25, 0.3) is 0 Å². The van der Waals surface area contributed by atoms with Crippen LogP contribution in [0.1, 0.15) is 21.5 Å². The van der Waals surface area contributed by atoms with Crippen LogP contribution in [0.15, 0.2) is 76.4 Å². The highest BCUT2D eigenvalue weighted by molar-refractivity contribution is 6.05. The third-order valence-electron chi connectivity index (χ3n) is 6.42. The zero-order valence-electron chi connectivity index (χ0n) is 20.3. The van der Waals surface area contributed by atoms with Crippen LogP contribution in [0.2, 0.25) is 0 Å². The second kappa shape index (κ2) is 10.1. The Balaban J connectivity index is 1.38. The summed E-state index contributed by atoms with van der Waals surface area (Å²) in [4.78, 5) is 38.9. The number of morpholine rings is 1. The summed E-state index contributed by atoms with van der Waals surface area (Å²) in [6.45, 7) is 0.151. The van der Waals surface area contributed by atoms with E-state index in [0.29, 0.717) is 29.3 Å². The van der Waals surface area contributed by atoms with Crippen molar-refractivity contribution in [2.75, 3.05) is 31.6 Å². The van der Waals surface area contributed by atoms with E-state index in [4.69, 9.17) is 15.6 Å². The lowest BCUT2D eigenvalue weighted by Crippen LogP contribution is -2.53. The Kier molecular flexibility index (Phi) is 6.86. The van der Waals surface area contributed by atoms with Crippen molar-refractivity contribution in [3.05, 3.63) is 83.1 Å². The fourth-order valence-corrected chi connectivity index (χ4v) is 4.42. The molecular formula is C25H23F3N7O4+. The predicted octanol–water partition coefficient (Wildman–Crippen LogP) is 1.79. The molecule has 0 spiro atoms. The molecule has 5 rings (SSSR count). The molecule has 0 saturated carbocycles. The number of nitrogens with zero attached hydrogens (tertiary/aromatic N) is 5. The number of quaternary nitrogens is 1. The number of benzene rings is 1. The molecule has 1 aromatic carbocycles. The number of amidine groups is 1. The van der Waals surface area contributed by atoms with E-state index < -0.39 is 36.3 Å². The van der Waals surface area contributed by atoms with Crippen molar-refractivity contribution in [3.8, 4) is 0 Å². The van der Waals surface area contributed by atoms with Crippen molar-refractivity contribution in [1.29, 1.82) is 0 Å². The van der Waals surface area contributed by atoms with E-state index in [2.05, 4.69) is 15.3 Å². The summed E-state index contributed by atoms with van der Waals surface area (Å²) >= 11 is 0. The van der Waals surface area contributed by atoms with Crippen molar-refractivity contribution in [3.63, 3.8) is 0 Å². The number of allylic oxidation sites excluding steroid dienone is 1. The van der Waals surface area contributed by atoms with Crippen LogP contribution < -0.4 is 11.2 Å². The lowest BCUT2D eigenvalue weighted by atomic mass is 10.1. The zero-order chi connectivity index (χ0) is 27.8. The molecule has 4 N–H and O–H groups in total. The van der Waals surface area contributed by atoms with E-state index in [1.165, 1.54) is 23.2 Å². The van der Waals surface area contributed by atoms with E-state index in [1.807, 2.05) is 0 Å². The molecule has 202 valence electrons. The number of hydrogen-bond acceptors (Lipinski definition) is 8. The fourth-order valence-electron chi connectivity index (χ4n) is 4.42.